The van der Waals surface area contributed by atoms with Gasteiger partial charge in [0.1, 0.15) is 24.4 Å². The van der Waals surface area contributed by atoms with Gasteiger partial charge in [-0.1, -0.05) is 0 Å². The molecule has 0 spiro atoms. The van der Waals surface area contributed by atoms with Crippen molar-refractivity contribution in [2.24, 2.45) is 5.73 Å². The van der Waals surface area contributed by atoms with Crippen LogP contribution >= 0.6 is 0 Å². The van der Waals surface area contributed by atoms with Crippen molar-refractivity contribution in [2.75, 3.05) is 6.54 Å². The summed E-state index contributed by atoms with van der Waals surface area (Å²) in [6.07, 6.45) is -1.34. The van der Waals surface area contributed by atoms with E-state index < -0.39 is 17.9 Å². The van der Waals surface area contributed by atoms with Gasteiger partial charge in [0.2, 0.25) is 0 Å². The molecule has 3 fully saturated rings. The predicted octanol–water partition coefficient (Wildman–Crippen LogP) is 0.342. The highest BCUT2D eigenvalue weighted by molar-refractivity contribution is 5.00. The topological polar surface area (TPSA) is 72.2 Å². The smallest absolute Gasteiger partial charge is 0.190 e. The summed E-state index contributed by atoms with van der Waals surface area (Å²) >= 11 is 0. The van der Waals surface area contributed by atoms with Crippen molar-refractivity contribution < 1.29 is 23.7 Å². The molecule has 104 valence electrons. The Kier molecular flexibility index (Phi) is 2.75. The van der Waals surface area contributed by atoms with E-state index in [0.29, 0.717) is 6.54 Å². The molecular weight excluding hydrogens is 238 g/mol. The first-order valence-corrected chi connectivity index (χ1v) is 6.38. The van der Waals surface area contributed by atoms with Gasteiger partial charge in [-0.05, 0) is 27.7 Å². The van der Waals surface area contributed by atoms with Crippen LogP contribution in [0.4, 0.5) is 0 Å². The summed E-state index contributed by atoms with van der Waals surface area (Å²) in [5.74, 6) is -1.31. The summed E-state index contributed by atoms with van der Waals surface area (Å²) in [5.41, 5.74) is 5.74. The first-order valence-electron chi connectivity index (χ1n) is 6.38. The second-order valence-corrected chi connectivity index (χ2v) is 5.94. The van der Waals surface area contributed by atoms with Gasteiger partial charge in [0.15, 0.2) is 17.9 Å². The molecule has 3 aliphatic rings. The van der Waals surface area contributed by atoms with Gasteiger partial charge < -0.3 is 29.4 Å². The van der Waals surface area contributed by atoms with Crippen molar-refractivity contribution >= 4 is 0 Å². The average molecular weight is 259 g/mol. The second-order valence-electron chi connectivity index (χ2n) is 5.94. The molecular formula is C12H21NO5. The minimum Gasteiger partial charge on any atom is -0.342 e. The van der Waals surface area contributed by atoms with Crippen LogP contribution in [0.1, 0.15) is 27.7 Å². The molecule has 0 amide bonds. The van der Waals surface area contributed by atoms with Crippen LogP contribution in [0.15, 0.2) is 0 Å². The molecule has 1 unspecified atom stereocenters. The molecule has 18 heavy (non-hydrogen) atoms. The summed E-state index contributed by atoms with van der Waals surface area (Å²) in [6.45, 7) is 7.86. The molecule has 0 aromatic rings. The van der Waals surface area contributed by atoms with Gasteiger partial charge in [0, 0.05) is 6.54 Å². The van der Waals surface area contributed by atoms with Crippen LogP contribution in [0.5, 0.6) is 0 Å². The normalized spacial score (nSPS) is 48.8. The van der Waals surface area contributed by atoms with Gasteiger partial charge in [-0.25, -0.2) is 0 Å². The molecule has 6 heteroatoms. The fraction of sp³-hybridized carbons (Fsp3) is 1.00. The van der Waals surface area contributed by atoms with Crippen LogP contribution in [0, 0.1) is 0 Å². The lowest BCUT2D eigenvalue weighted by molar-refractivity contribution is -0.231. The van der Waals surface area contributed by atoms with Crippen LogP contribution in [-0.4, -0.2) is 48.8 Å². The van der Waals surface area contributed by atoms with Gasteiger partial charge in [0.25, 0.3) is 0 Å². The molecule has 3 aliphatic heterocycles. The molecule has 2 N–H and O–H groups in total. The highest BCUT2D eigenvalue weighted by atomic mass is 16.9. The minimum absolute atomic E-state index is 0.200. The van der Waals surface area contributed by atoms with Crippen molar-refractivity contribution in [2.45, 2.75) is 70.0 Å². The van der Waals surface area contributed by atoms with Gasteiger partial charge in [-0.3, -0.25) is 0 Å². The Morgan fingerprint density at radius 1 is 0.833 bits per heavy atom. The fourth-order valence-electron chi connectivity index (χ4n) is 2.88. The molecule has 0 aliphatic carbocycles. The van der Waals surface area contributed by atoms with Crippen molar-refractivity contribution in [3.8, 4) is 0 Å². The molecule has 0 saturated carbocycles. The molecule has 3 saturated heterocycles. The molecule has 0 aromatic heterocycles. The quantitative estimate of drug-likeness (QED) is 0.732. The maximum absolute atomic E-state index is 5.93. The van der Waals surface area contributed by atoms with E-state index in [1.54, 1.807) is 0 Å². The van der Waals surface area contributed by atoms with Crippen LogP contribution in [-0.2, 0) is 23.7 Å². The van der Waals surface area contributed by atoms with E-state index in [-0.39, 0.29) is 24.4 Å². The summed E-state index contributed by atoms with van der Waals surface area (Å²) in [4.78, 5) is 0. The SMILES string of the molecule is CC1(C)O[C@@H]2[C@H](O1)[C@H]1OC(C)(C)OC1O[C@@H]2CN. The van der Waals surface area contributed by atoms with Gasteiger partial charge in [-0.2, -0.15) is 0 Å². The van der Waals surface area contributed by atoms with E-state index in [1.807, 2.05) is 27.7 Å². The molecule has 0 bridgehead atoms. The lowest BCUT2D eigenvalue weighted by Crippen LogP contribution is -2.57. The van der Waals surface area contributed by atoms with Gasteiger partial charge in [0.05, 0.1) is 0 Å². The van der Waals surface area contributed by atoms with E-state index in [2.05, 4.69) is 0 Å². The van der Waals surface area contributed by atoms with Gasteiger partial charge >= 0.3 is 0 Å². The third-order valence-corrected chi connectivity index (χ3v) is 3.48. The highest BCUT2D eigenvalue weighted by Crippen LogP contribution is 2.43. The zero-order chi connectivity index (χ0) is 13.1. The Morgan fingerprint density at radius 3 is 2.06 bits per heavy atom. The molecule has 0 aromatic carbocycles. The van der Waals surface area contributed by atoms with Crippen molar-refractivity contribution in [1.82, 2.24) is 0 Å². The number of rotatable bonds is 1. The number of hydrogen-bond acceptors (Lipinski definition) is 6. The Morgan fingerprint density at radius 2 is 1.39 bits per heavy atom. The van der Waals surface area contributed by atoms with E-state index in [1.165, 1.54) is 0 Å². The van der Waals surface area contributed by atoms with Crippen molar-refractivity contribution in [3.63, 3.8) is 0 Å². The Bertz CT molecular complexity index is 345. The third kappa shape index (κ3) is 1.97. The zero-order valence-electron chi connectivity index (χ0n) is 11.2. The third-order valence-electron chi connectivity index (χ3n) is 3.48. The summed E-state index contributed by atoms with van der Waals surface area (Å²) in [6, 6.07) is 0. The minimum atomic E-state index is -0.667. The molecule has 0 radical (unpaired) electrons. The predicted molar refractivity (Wildman–Crippen MR) is 61.6 cm³/mol. The number of hydrogen-bond donors (Lipinski definition) is 1. The van der Waals surface area contributed by atoms with Crippen molar-refractivity contribution in [3.05, 3.63) is 0 Å². The maximum atomic E-state index is 5.93. The standard InChI is InChI=1S/C12H21NO5/c1-11(2)15-7-6(5-13)14-10-9(8(7)16-11)17-12(3,4)18-10/h6-10H,5,13H2,1-4H3/t6-,7+,8+,9-,10?/m1/s1. The zero-order valence-corrected chi connectivity index (χ0v) is 11.2. The summed E-state index contributed by atoms with van der Waals surface area (Å²) < 4.78 is 29.2. The average Bonchev–Trinajstić information content (AvgIpc) is 2.71. The molecule has 6 nitrogen and oxygen atoms in total. The summed E-state index contributed by atoms with van der Waals surface area (Å²) in [7, 11) is 0. The first kappa shape index (κ1) is 12.8. The maximum Gasteiger partial charge on any atom is 0.190 e. The highest BCUT2D eigenvalue weighted by Gasteiger charge is 2.60. The van der Waals surface area contributed by atoms with Crippen LogP contribution in [0.3, 0.4) is 0 Å². The fourth-order valence-corrected chi connectivity index (χ4v) is 2.88. The van der Waals surface area contributed by atoms with E-state index in [0.717, 1.165) is 0 Å². The molecule has 3 heterocycles. The number of nitrogens with two attached hydrogens (primary N) is 1. The number of fused-ring (bicyclic) bond motifs is 3. The molecule has 5 atom stereocenters. The number of ether oxygens (including phenoxy) is 5. The Hall–Kier alpha value is -0.240. The molecule has 3 rings (SSSR count). The Balaban J connectivity index is 1.86. The van der Waals surface area contributed by atoms with Gasteiger partial charge in [-0.15, -0.1) is 0 Å². The van der Waals surface area contributed by atoms with E-state index in [4.69, 9.17) is 29.4 Å². The Labute approximate surface area is 107 Å². The first-order chi connectivity index (χ1) is 8.31. The van der Waals surface area contributed by atoms with Crippen LogP contribution < -0.4 is 5.73 Å². The van der Waals surface area contributed by atoms with Crippen molar-refractivity contribution in [1.29, 1.82) is 0 Å². The lowest BCUT2D eigenvalue weighted by Gasteiger charge is -2.36. The summed E-state index contributed by atoms with van der Waals surface area (Å²) in [5, 5.41) is 0. The lowest BCUT2D eigenvalue weighted by atomic mass is 9.99. The van der Waals surface area contributed by atoms with Crippen LogP contribution in [0.2, 0.25) is 0 Å². The monoisotopic (exact) mass is 259 g/mol. The van der Waals surface area contributed by atoms with Crippen LogP contribution in [0.25, 0.3) is 0 Å². The second kappa shape index (κ2) is 3.88. The largest absolute Gasteiger partial charge is 0.342 e. The van der Waals surface area contributed by atoms with E-state index in [9.17, 15) is 0 Å². The van der Waals surface area contributed by atoms with E-state index >= 15 is 0 Å².